The molecule has 24 heavy (non-hydrogen) atoms. The Morgan fingerprint density at radius 3 is 2.54 bits per heavy atom. The highest BCUT2D eigenvalue weighted by Gasteiger charge is 2.21. The van der Waals surface area contributed by atoms with Crippen LogP contribution in [0.5, 0.6) is 0 Å². The number of rotatable bonds is 4. The molecular formula is C16H13N5O2S. The van der Waals surface area contributed by atoms with Crippen LogP contribution in [0.1, 0.15) is 11.1 Å². The monoisotopic (exact) mass is 339 g/mol. The fourth-order valence-electron chi connectivity index (χ4n) is 2.08. The van der Waals surface area contributed by atoms with Crippen molar-refractivity contribution in [3.63, 3.8) is 0 Å². The van der Waals surface area contributed by atoms with Crippen LogP contribution in [0.25, 0.3) is 5.82 Å². The van der Waals surface area contributed by atoms with Crippen molar-refractivity contribution in [1.29, 1.82) is 5.26 Å². The molecule has 1 N–H and O–H groups in total. The van der Waals surface area contributed by atoms with E-state index in [0.29, 0.717) is 5.82 Å². The van der Waals surface area contributed by atoms with Gasteiger partial charge in [-0.2, -0.15) is 15.0 Å². The average molecular weight is 339 g/mol. The summed E-state index contributed by atoms with van der Waals surface area (Å²) in [4.78, 5) is 4.23. The van der Waals surface area contributed by atoms with E-state index in [1.807, 2.05) is 13.0 Å². The van der Waals surface area contributed by atoms with Gasteiger partial charge in [0.25, 0.3) is 10.0 Å². The number of sulfonamides is 1. The molecule has 0 saturated heterocycles. The lowest BCUT2D eigenvalue weighted by Gasteiger charge is -2.10. The standard InChI is InChI=1S/C16H13N5O2S/c1-12-5-7-14(8-6-12)24(22,23)20-16-13(10-17)11-19-21(16)15-4-2-3-9-18-15/h2-9,11,20H,1H3. The quantitative estimate of drug-likeness (QED) is 0.785. The summed E-state index contributed by atoms with van der Waals surface area (Å²) in [6.45, 7) is 1.87. The second-order valence-corrected chi connectivity index (χ2v) is 6.72. The summed E-state index contributed by atoms with van der Waals surface area (Å²) < 4.78 is 28.9. The second kappa shape index (κ2) is 6.14. The van der Waals surface area contributed by atoms with Gasteiger partial charge in [-0.05, 0) is 31.2 Å². The van der Waals surface area contributed by atoms with E-state index in [1.165, 1.54) is 23.0 Å². The molecule has 7 nitrogen and oxygen atoms in total. The summed E-state index contributed by atoms with van der Waals surface area (Å²) in [5, 5.41) is 13.3. The number of benzene rings is 1. The molecule has 0 unspecified atom stereocenters. The van der Waals surface area contributed by atoms with Crippen molar-refractivity contribution < 1.29 is 8.42 Å². The van der Waals surface area contributed by atoms with Gasteiger partial charge < -0.3 is 0 Å². The first-order valence-electron chi connectivity index (χ1n) is 7.00. The van der Waals surface area contributed by atoms with Crippen molar-refractivity contribution in [2.24, 2.45) is 0 Å². The van der Waals surface area contributed by atoms with Crippen molar-refractivity contribution in [3.8, 4) is 11.9 Å². The lowest BCUT2D eigenvalue weighted by Crippen LogP contribution is -2.17. The van der Waals surface area contributed by atoms with Gasteiger partial charge in [0.15, 0.2) is 11.6 Å². The first kappa shape index (κ1) is 15.7. The lowest BCUT2D eigenvalue weighted by molar-refractivity contribution is 0.600. The smallest absolute Gasteiger partial charge is 0.262 e. The van der Waals surface area contributed by atoms with Crippen LogP contribution in [0.15, 0.2) is 59.8 Å². The molecule has 8 heteroatoms. The van der Waals surface area contributed by atoms with Crippen LogP contribution >= 0.6 is 0 Å². The summed E-state index contributed by atoms with van der Waals surface area (Å²) in [7, 11) is -3.85. The highest BCUT2D eigenvalue weighted by atomic mass is 32.2. The van der Waals surface area contributed by atoms with E-state index in [0.717, 1.165) is 5.56 Å². The summed E-state index contributed by atoms with van der Waals surface area (Å²) in [6.07, 6.45) is 2.85. The third-order valence-corrected chi connectivity index (χ3v) is 4.67. The molecule has 0 aliphatic rings. The van der Waals surface area contributed by atoms with Crippen molar-refractivity contribution >= 4 is 15.8 Å². The molecule has 0 saturated carbocycles. The van der Waals surface area contributed by atoms with Crippen molar-refractivity contribution in [2.75, 3.05) is 4.72 Å². The van der Waals surface area contributed by atoms with Crippen molar-refractivity contribution in [1.82, 2.24) is 14.8 Å². The average Bonchev–Trinajstić information content (AvgIpc) is 2.98. The Morgan fingerprint density at radius 1 is 1.17 bits per heavy atom. The van der Waals surface area contributed by atoms with E-state index in [-0.39, 0.29) is 16.3 Å². The largest absolute Gasteiger partial charge is 0.263 e. The van der Waals surface area contributed by atoms with E-state index in [2.05, 4.69) is 14.8 Å². The summed E-state index contributed by atoms with van der Waals surface area (Å²) in [5.41, 5.74) is 1.06. The van der Waals surface area contributed by atoms with Crippen molar-refractivity contribution in [3.05, 3.63) is 66.0 Å². The molecule has 0 fully saturated rings. The molecule has 2 heterocycles. The number of hydrogen-bond acceptors (Lipinski definition) is 5. The molecule has 0 aliphatic carbocycles. The van der Waals surface area contributed by atoms with E-state index in [1.54, 1.807) is 36.5 Å². The number of pyridine rings is 1. The maximum atomic E-state index is 12.6. The Bertz CT molecular complexity index is 1000. The highest BCUT2D eigenvalue weighted by molar-refractivity contribution is 7.92. The van der Waals surface area contributed by atoms with Crippen LogP contribution in [0.3, 0.4) is 0 Å². The second-order valence-electron chi connectivity index (χ2n) is 5.04. The van der Waals surface area contributed by atoms with Crippen LogP contribution in [-0.4, -0.2) is 23.2 Å². The SMILES string of the molecule is Cc1ccc(S(=O)(=O)Nc2c(C#N)cnn2-c2ccccn2)cc1. The number of nitrogens with one attached hydrogen (secondary N) is 1. The number of nitrogens with zero attached hydrogens (tertiary/aromatic N) is 4. The van der Waals surface area contributed by atoms with Crippen molar-refractivity contribution in [2.45, 2.75) is 11.8 Å². The molecular weight excluding hydrogens is 326 g/mol. The van der Waals surface area contributed by atoms with E-state index in [9.17, 15) is 13.7 Å². The third kappa shape index (κ3) is 2.98. The Balaban J connectivity index is 2.05. The number of nitriles is 1. The molecule has 120 valence electrons. The van der Waals surface area contributed by atoms with Crippen LogP contribution in [-0.2, 0) is 10.0 Å². The minimum atomic E-state index is -3.85. The molecule has 0 spiro atoms. The summed E-state index contributed by atoms with van der Waals surface area (Å²) in [5.74, 6) is 0.456. The first-order chi connectivity index (χ1) is 11.5. The molecule has 3 aromatic rings. The van der Waals surface area contributed by atoms with Gasteiger partial charge in [-0.3, -0.25) is 4.72 Å². The molecule has 0 radical (unpaired) electrons. The van der Waals surface area contributed by atoms with Crippen LogP contribution < -0.4 is 4.72 Å². The zero-order chi connectivity index (χ0) is 17.2. The highest BCUT2D eigenvalue weighted by Crippen LogP contribution is 2.22. The number of hydrogen-bond donors (Lipinski definition) is 1. The fraction of sp³-hybridized carbons (Fsp3) is 0.0625. The topological polar surface area (TPSA) is 101 Å². The minimum absolute atomic E-state index is 0.0526. The fourth-order valence-corrected chi connectivity index (χ4v) is 3.15. The van der Waals surface area contributed by atoms with Gasteiger partial charge in [-0.1, -0.05) is 23.8 Å². The maximum Gasteiger partial charge on any atom is 0.263 e. The molecule has 3 rings (SSSR count). The van der Waals surface area contributed by atoms with Gasteiger partial charge in [0.2, 0.25) is 0 Å². The van der Waals surface area contributed by atoms with Gasteiger partial charge in [-0.15, -0.1) is 0 Å². The Labute approximate surface area is 139 Å². The Hall–Kier alpha value is -3.18. The molecule has 0 amide bonds. The van der Waals surface area contributed by atoms with Crippen LogP contribution in [0.4, 0.5) is 5.82 Å². The van der Waals surface area contributed by atoms with E-state index >= 15 is 0 Å². The summed E-state index contributed by atoms with van der Waals surface area (Å²) >= 11 is 0. The van der Waals surface area contributed by atoms with Gasteiger partial charge in [0, 0.05) is 6.20 Å². The lowest BCUT2D eigenvalue weighted by atomic mass is 10.2. The normalized spacial score (nSPS) is 11.0. The van der Waals surface area contributed by atoms with Gasteiger partial charge in [0.05, 0.1) is 11.1 Å². The zero-order valence-electron chi connectivity index (χ0n) is 12.7. The molecule has 0 aliphatic heterocycles. The first-order valence-corrected chi connectivity index (χ1v) is 8.48. The Morgan fingerprint density at radius 2 is 1.92 bits per heavy atom. The third-order valence-electron chi connectivity index (χ3n) is 3.32. The van der Waals surface area contributed by atoms with Crippen LogP contribution in [0, 0.1) is 18.3 Å². The van der Waals surface area contributed by atoms with Crippen LogP contribution in [0.2, 0.25) is 0 Å². The van der Waals surface area contributed by atoms with E-state index < -0.39 is 10.0 Å². The van der Waals surface area contributed by atoms with Gasteiger partial charge in [0.1, 0.15) is 11.6 Å². The predicted octanol–water partition coefficient (Wildman–Crippen LogP) is 2.25. The number of aromatic nitrogens is 3. The molecule has 0 bridgehead atoms. The molecule has 0 atom stereocenters. The predicted molar refractivity (Wildman–Crippen MR) is 88.1 cm³/mol. The summed E-state index contributed by atoms with van der Waals surface area (Å²) in [6, 6.07) is 13.5. The zero-order valence-corrected chi connectivity index (χ0v) is 13.5. The molecule has 2 aromatic heterocycles. The molecule has 1 aromatic carbocycles. The van der Waals surface area contributed by atoms with Gasteiger partial charge >= 0.3 is 0 Å². The Kier molecular flexibility index (Phi) is 4.02. The van der Waals surface area contributed by atoms with E-state index in [4.69, 9.17) is 0 Å². The number of aryl methyl sites for hydroxylation is 1. The number of anilines is 1. The minimum Gasteiger partial charge on any atom is -0.262 e. The maximum absolute atomic E-state index is 12.6. The van der Waals surface area contributed by atoms with Gasteiger partial charge in [-0.25, -0.2) is 13.4 Å².